The zero-order valence-electron chi connectivity index (χ0n) is 9.18. The zero-order valence-corrected chi connectivity index (χ0v) is 9.18. The molecule has 0 saturated carbocycles. The van der Waals surface area contributed by atoms with Gasteiger partial charge in [0.15, 0.2) is 0 Å². The van der Waals surface area contributed by atoms with Crippen LogP contribution in [0.25, 0.3) is 0 Å². The molecular formula is C10H18F3NO2. The highest BCUT2D eigenvalue weighted by molar-refractivity contribution is 4.69. The lowest BCUT2D eigenvalue weighted by molar-refractivity contribution is -0.174. The van der Waals surface area contributed by atoms with Gasteiger partial charge in [-0.3, -0.25) is 0 Å². The van der Waals surface area contributed by atoms with Crippen molar-refractivity contribution in [2.45, 2.75) is 31.5 Å². The highest BCUT2D eigenvalue weighted by Crippen LogP contribution is 2.14. The van der Waals surface area contributed by atoms with Crippen molar-refractivity contribution in [1.82, 2.24) is 5.32 Å². The standard InChI is InChI=1S/C10H18F3NO2/c11-10(12,13)8-16-6-2-4-14-9-3-1-5-15-7-9/h9,14H,1-8H2. The number of hydrogen-bond donors (Lipinski definition) is 1. The molecule has 1 heterocycles. The minimum Gasteiger partial charge on any atom is -0.380 e. The summed E-state index contributed by atoms with van der Waals surface area (Å²) >= 11 is 0. The molecule has 0 bridgehead atoms. The van der Waals surface area contributed by atoms with E-state index in [4.69, 9.17) is 4.74 Å². The predicted molar refractivity (Wildman–Crippen MR) is 53.3 cm³/mol. The van der Waals surface area contributed by atoms with Gasteiger partial charge in [0.05, 0.1) is 6.61 Å². The Labute approximate surface area is 93.3 Å². The van der Waals surface area contributed by atoms with Gasteiger partial charge >= 0.3 is 6.18 Å². The number of hydrogen-bond acceptors (Lipinski definition) is 3. The van der Waals surface area contributed by atoms with Crippen LogP contribution in [0.2, 0.25) is 0 Å². The second-order valence-electron chi connectivity index (χ2n) is 3.89. The molecule has 1 fully saturated rings. The van der Waals surface area contributed by atoms with Gasteiger partial charge in [0, 0.05) is 19.3 Å². The normalized spacial score (nSPS) is 22.3. The van der Waals surface area contributed by atoms with Crippen LogP contribution in [0.5, 0.6) is 0 Å². The van der Waals surface area contributed by atoms with Crippen molar-refractivity contribution in [2.75, 3.05) is 33.0 Å². The molecule has 0 amide bonds. The number of rotatable bonds is 6. The fraction of sp³-hybridized carbons (Fsp3) is 1.00. The van der Waals surface area contributed by atoms with Gasteiger partial charge in [-0.2, -0.15) is 13.2 Å². The van der Waals surface area contributed by atoms with E-state index in [1.165, 1.54) is 0 Å². The lowest BCUT2D eigenvalue weighted by Gasteiger charge is -2.23. The maximum Gasteiger partial charge on any atom is 0.411 e. The van der Waals surface area contributed by atoms with Gasteiger partial charge < -0.3 is 14.8 Å². The van der Waals surface area contributed by atoms with Crippen molar-refractivity contribution in [3.63, 3.8) is 0 Å². The monoisotopic (exact) mass is 241 g/mol. The van der Waals surface area contributed by atoms with Gasteiger partial charge in [-0.05, 0) is 25.8 Å². The first-order valence-corrected chi connectivity index (χ1v) is 5.53. The lowest BCUT2D eigenvalue weighted by atomic mass is 10.1. The van der Waals surface area contributed by atoms with Gasteiger partial charge in [-0.15, -0.1) is 0 Å². The van der Waals surface area contributed by atoms with E-state index in [1.807, 2.05) is 0 Å². The summed E-state index contributed by atoms with van der Waals surface area (Å²) in [5.41, 5.74) is 0. The number of ether oxygens (including phenoxy) is 2. The molecule has 1 aliphatic heterocycles. The van der Waals surface area contributed by atoms with Gasteiger partial charge in [0.2, 0.25) is 0 Å². The van der Waals surface area contributed by atoms with Crippen LogP contribution in [0.4, 0.5) is 13.2 Å². The Bertz CT molecular complexity index is 181. The van der Waals surface area contributed by atoms with Crippen LogP contribution in [0.15, 0.2) is 0 Å². The fourth-order valence-corrected chi connectivity index (χ4v) is 1.57. The van der Waals surface area contributed by atoms with Gasteiger partial charge in [-0.1, -0.05) is 0 Å². The van der Waals surface area contributed by atoms with Crippen LogP contribution in [0.1, 0.15) is 19.3 Å². The maximum absolute atomic E-state index is 11.7. The van der Waals surface area contributed by atoms with Crippen LogP contribution < -0.4 is 5.32 Å². The Morgan fingerprint density at radius 3 is 2.81 bits per heavy atom. The quantitative estimate of drug-likeness (QED) is 0.718. The average Bonchev–Trinajstić information content (AvgIpc) is 2.23. The maximum atomic E-state index is 11.7. The Hall–Kier alpha value is -0.330. The molecule has 1 saturated heterocycles. The Morgan fingerprint density at radius 1 is 1.38 bits per heavy atom. The molecule has 0 aromatic carbocycles. The molecule has 1 unspecified atom stereocenters. The predicted octanol–water partition coefficient (Wildman–Crippen LogP) is 1.72. The Morgan fingerprint density at radius 2 is 2.19 bits per heavy atom. The van der Waals surface area contributed by atoms with E-state index in [2.05, 4.69) is 10.1 Å². The number of alkyl halides is 3. The van der Waals surface area contributed by atoms with Crippen molar-refractivity contribution in [2.24, 2.45) is 0 Å². The van der Waals surface area contributed by atoms with Crippen LogP contribution in [0.3, 0.4) is 0 Å². The summed E-state index contributed by atoms with van der Waals surface area (Å²) in [6, 6.07) is 0.344. The SMILES string of the molecule is FC(F)(F)COCCCNC1CCCOC1. The first-order chi connectivity index (χ1) is 7.58. The molecule has 6 heteroatoms. The number of halogens is 3. The minimum absolute atomic E-state index is 0.139. The fourth-order valence-electron chi connectivity index (χ4n) is 1.57. The van der Waals surface area contributed by atoms with E-state index < -0.39 is 12.8 Å². The lowest BCUT2D eigenvalue weighted by Crippen LogP contribution is -2.37. The summed E-state index contributed by atoms with van der Waals surface area (Å²) in [6.07, 6.45) is -1.51. The highest BCUT2D eigenvalue weighted by atomic mass is 19.4. The van der Waals surface area contributed by atoms with E-state index in [0.29, 0.717) is 25.6 Å². The summed E-state index contributed by atoms with van der Waals surface area (Å²) in [7, 11) is 0. The molecule has 0 radical (unpaired) electrons. The molecule has 1 rings (SSSR count). The van der Waals surface area contributed by atoms with Crippen LogP contribution >= 0.6 is 0 Å². The Balaban J connectivity index is 1.87. The molecule has 0 aliphatic carbocycles. The third-order valence-corrected chi connectivity index (χ3v) is 2.32. The minimum atomic E-state index is -4.22. The van der Waals surface area contributed by atoms with E-state index in [1.54, 1.807) is 0 Å². The molecule has 0 spiro atoms. The van der Waals surface area contributed by atoms with Crippen LogP contribution in [-0.2, 0) is 9.47 Å². The van der Waals surface area contributed by atoms with Crippen LogP contribution in [-0.4, -0.2) is 45.2 Å². The molecule has 1 aliphatic rings. The average molecular weight is 241 g/mol. The molecule has 1 N–H and O–H groups in total. The molecular weight excluding hydrogens is 223 g/mol. The smallest absolute Gasteiger partial charge is 0.380 e. The molecule has 96 valence electrons. The molecule has 0 aromatic heterocycles. The summed E-state index contributed by atoms with van der Waals surface area (Å²) in [5, 5.41) is 3.23. The van der Waals surface area contributed by atoms with Crippen molar-refractivity contribution in [3.05, 3.63) is 0 Å². The summed E-state index contributed by atoms with van der Waals surface area (Å²) in [4.78, 5) is 0. The van der Waals surface area contributed by atoms with Gasteiger partial charge in [-0.25, -0.2) is 0 Å². The van der Waals surface area contributed by atoms with Crippen molar-refractivity contribution >= 4 is 0 Å². The van der Waals surface area contributed by atoms with Crippen LogP contribution in [0, 0.1) is 0 Å². The first-order valence-electron chi connectivity index (χ1n) is 5.53. The van der Waals surface area contributed by atoms with E-state index in [9.17, 15) is 13.2 Å². The zero-order chi connectivity index (χ0) is 11.9. The summed E-state index contributed by atoms with van der Waals surface area (Å²) in [5.74, 6) is 0. The van der Waals surface area contributed by atoms with Gasteiger partial charge in [0.1, 0.15) is 6.61 Å². The topological polar surface area (TPSA) is 30.5 Å². The van der Waals surface area contributed by atoms with Crippen molar-refractivity contribution < 1.29 is 22.6 Å². The van der Waals surface area contributed by atoms with Gasteiger partial charge in [0.25, 0.3) is 0 Å². The van der Waals surface area contributed by atoms with E-state index >= 15 is 0 Å². The second-order valence-corrected chi connectivity index (χ2v) is 3.89. The highest BCUT2D eigenvalue weighted by Gasteiger charge is 2.27. The molecule has 16 heavy (non-hydrogen) atoms. The number of nitrogens with one attached hydrogen (secondary N) is 1. The van der Waals surface area contributed by atoms with Crippen molar-refractivity contribution in [3.8, 4) is 0 Å². The second kappa shape index (κ2) is 7.09. The third kappa shape index (κ3) is 7.03. The summed E-state index contributed by atoms with van der Waals surface area (Å²) < 4.78 is 44.8. The third-order valence-electron chi connectivity index (χ3n) is 2.32. The molecule has 3 nitrogen and oxygen atoms in total. The van der Waals surface area contributed by atoms with Crippen molar-refractivity contribution in [1.29, 1.82) is 0 Å². The Kier molecular flexibility index (Phi) is 6.08. The molecule has 1 atom stereocenters. The first kappa shape index (κ1) is 13.7. The largest absolute Gasteiger partial charge is 0.411 e. The van der Waals surface area contributed by atoms with E-state index in [0.717, 1.165) is 19.4 Å². The molecule has 0 aromatic rings. The van der Waals surface area contributed by atoms with E-state index in [-0.39, 0.29) is 6.61 Å². The summed E-state index contributed by atoms with van der Waals surface area (Å²) in [6.45, 7) is 1.17.